The average Bonchev–Trinajstić information content (AvgIpc) is 2.93. The summed E-state index contributed by atoms with van der Waals surface area (Å²) >= 11 is 0. The molecule has 1 aromatic heterocycles. The van der Waals surface area contributed by atoms with Crippen molar-refractivity contribution in [2.45, 2.75) is 24.8 Å². The topological polar surface area (TPSA) is 126 Å². The molecule has 2 atom stereocenters. The fraction of sp³-hybridized carbons (Fsp3) is 0.412. The minimum absolute atomic E-state index is 0.0358. The molecular formula is C17H18N2O7S. The van der Waals surface area contributed by atoms with E-state index in [1.165, 1.54) is 12.1 Å². The number of nitrogens with zero attached hydrogens (tertiary/aromatic N) is 2. The van der Waals surface area contributed by atoms with E-state index >= 15 is 0 Å². The van der Waals surface area contributed by atoms with Gasteiger partial charge in [0.1, 0.15) is 12.5 Å². The van der Waals surface area contributed by atoms with Crippen LogP contribution in [0, 0.1) is 11.1 Å². The summed E-state index contributed by atoms with van der Waals surface area (Å²) in [6, 6.07) is 2.78. The van der Waals surface area contributed by atoms with Crippen molar-refractivity contribution in [2.75, 3.05) is 19.5 Å². The zero-order valence-electron chi connectivity index (χ0n) is 15.0. The monoisotopic (exact) mass is 394 g/mol. The maximum atomic E-state index is 12.6. The average molecular weight is 394 g/mol. The summed E-state index contributed by atoms with van der Waals surface area (Å²) in [5, 5.41) is 11.7. The number of hydrogen-bond donors (Lipinski definition) is 0. The first-order valence-corrected chi connectivity index (χ1v) is 10.1. The third-order valence-corrected chi connectivity index (χ3v) is 5.56. The van der Waals surface area contributed by atoms with E-state index in [1.54, 1.807) is 13.8 Å². The Morgan fingerprint density at radius 3 is 2.78 bits per heavy atom. The molecule has 1 aromatic rings. The van der Waals surface area contributed by atoms with E-state index in [4.69, 9.17) is 9.47 Å². The van der Waals surface area contributed by atoms with Gasteiger partial charge in [-0.1, -0.05) is 0 Å². The van der Waals surface area contributed by atoms with Crippen LogP contribution in [0.3, 0.4) is 0 Å². The fourth-order valence-electron chi connectivity index (χ4n) is 3.48. The smallest absolute Gasteiger partial charge is 0.336 e. The van der Waals surface area contributed by atoms with Crippen LogP contribution in [0.25, 0.3) is 0 Å². The van der Waals surface area contributed by atoms with Gasteiger partial charge in [0.25, 0.3) is 0 Å². The van der Waals surface area contributed by atoms with Gasteiger partial charge in [-0.2, -0.15) is 4.73 Å². The Morgan fingerprint density at radius 1 is 1.44 bits per heavy atom. The zero-order chi connectivity index (χ0) is 19.9. The molecule has 0 spiro atoms. The van der Waals surface area contributed by atoms with Gasteiger partial charge in [-0.25, -0.2) is 13.2 Å². The molecule has 3 heterocycles. The van der Waals surface area contributed by atoms with Crippen LogP contribution in [-0.2, 0) is 28.9 Å². The van der Waals surface area contributed by atoms with Crippen molar-refractivity contribution in [3.63, 3.8) is 0 Å². The van der Waals surface area contributed by atoms with Crippen molar-refractivity contribution < 1.29 is 32.2 Å². The number of aromatic nitrogens is 1. The molecule has 27 heavy (non-hydrogen) atoms. The number of hydrogen-bond acceptors (Lipinski definition) is 8. The Labute approximate surface area is 155 Å². The largest absolute Gasteiger partial charge is 0.618 e. The van der Waals surface area contributed by atoms with E-state index in [2.05, 4.69) is 4.99 Å². The SMILES string of the molecule is CCOC(=O)C1=C(C)N=C2COC(=O)C2C1c1ccc[n+]([O-])c1S(C)(=O)=O. The molecule has 2 aliphatic heterocycles. The molecule has 144 valence electrons. The summed E-state index contributed by atoms with van der Waals surface area (Å²) in [5.41, 5.74) is 0.759. The molecule has 0 radical (unpaired) electrons. The lowest BCUT2D eigenvalue weighted by Gasteiger charge is -2.28. The van der Waals surface area contributed by atoms with Gasteiger partial charge in [0.2, 0.25) is 9.84 Å². The second-order valence-electron chi connectivity index (χ2n) is 6.25. The van der Waals surface area contributed by atoms with Crippen LogP contribution in [0.4, 0.5) is 0 Å². The van der Waals surface area contributed by atoms with Crippen LogP contribution in [-0.4, -0.2) is 45.5 Å². The van der Waals surface area contributed by atoms with Crippen LogP contribution in [0.15, 0.2) is 39.6 Å². The molecule has 0 aliphatic carbocycles. The third kappa shape index (κ3) is 3.20. The minimum Gasteiger partial charge on any atom is -0.618 e. The predicted octanol–water partition coefficient (Wildman–Crippen LogP) is 0.272. The molecule has 1 saturated heterocycles. The van der Waals surface area contributed by atoms with E-state index < -0.39 is 38.6 Å². The van der Waals surface area contributed by atoms with Crippen LogP contribution >= 0.6 is 0 Å². The van der Waals surface area contributed by atoms with E-state index in [1.807, 2.05) is 0 Å². The molecular weight excluding hydrogens is 376 g/mol. The maximum absolute atomic E-state index is 12.6. The van der Waals surface area contributed by atoms with E-state index in [9.17, 15) is 23.2 Å². The lowest BCUT2D eigenvalue weighted by molar-refractivity contribution is -0.647. The second-order valence-corrected chi connectivity index (χ2v) is 8.18. The number of esters is 2. The molecule has 0 bridgehead atoms. The molecule has 3 rings (SSSR count). The molecule has 0 aromatic carbocycles. The number of sulfone groups is 1. The van der Waals surface area contributed by atoms with Crippen molar-refractivity contribution in [1.82, 2.24) is 0 Å². The standard InChI is InChI=1S/C17H18N2O7S/c1-4-25-16(20)12-9(2)18-11-8-26-17(21)14(11)13(12)10-6-5-7-19(22)15(10)27(3,23)24/h5-7,13-14H,4,8H2,1-3H3. The van der Waals surface area contributed by atoms with Gasteiger partial charge < -0.3 is 14.7 Å². The predicted molar refractivity (Wildman–Crippen MR) is 92.5 cm³/mol. The van der Waals surface area contributed by atoms with Gasteiger partial charge >= 0.3 is 17.0 Å². The summed E-state index contributed by atoms with van der Waals surface area (Å²) in [5.74, 6) is -3.38. The van der Waals surface area contributed by atoms with E-state index in [0.717, 1.165) is 12.5 Å². The molecule has 0 saturated carbocycles. The second kappa shape index (κ2) is 6.76. The summed E-state index contributed by atoms with van der Waals surface area (Å²) in [6.07, 6.45) is 1.94. The summed E-state index contributed by atoms with van der Waals surface area (Å²) in [4.78, 5) is 29.2. The first-order valence-electron chi connectivity index (χ1n) is 8.21. The lowest BCUT2D eigenvalue weighted by Crippen LogP contribution is -2.39. The Morgan fingerprint density at radius 2 is 2.15 bits per heavy atom. The van der Waals surface area contributed by atoms with E-state index in [0.29, 0.717) is 11.4 Å². The van der Waals surface area contributed by atoms with Gasteiger partial charge in [0.05, 0.1) is 17.9 Å². The Hall–Kier alpha value is -2.75. The number of ether oxygens (including phenoxy) is 2. The number of carbonyl (C=O) groups excluding carboxylic acids is 2. The maximum Gasteiger partial charge on any atom is 0.336 e. The third-order valence-electron chi connectivity index (χ3n) is 4.45. The fourth-order valence-corrected chi connectivity index (χ4v) is 4.49. The van der Waals surface area contributed by atoms with Crippen molar-refractivity contribution in [1.29, 1.82) is 0 Å². The number of aliphatic imine (C=N–C) groups is 1. The highest BCUT2D eigenvalue weighted by atomic mass is 32.2. The van der Waals surface area contributed by atoms with Crippen molar-refractivity contribution >= 4 is 27.5 Å². The van der Waals surface area contributed by atoms with Gasteiger partial charge in [-0.3, -0.25) is 9.79 Å². The lowest BCUT2D eigenvalue weighted by atomic mass is 9.76. The number of rotatable bonds is 4. The van der Waals surface area contributed by atoms with Crippen molar-refractivity contribution in [2.24, 2.45) is 10.9 Å². The number of carbonyl (C=O) groups is 2. The molecule has 10 heteroatoms. The van der Waals surface area contributed by atoms with Crippen LogP contribution in [0.2, 0.25) is 0 Å². The quantitative estimate of drug-likeness (QED) is 0.408. The Bertz CT molecular complexity index is 995. The van der Waals surface area contributed by atoms with Crippen molar-refractivity contribution in [3.8, 4) is 0 Å². The number of cyclic esters (lactones) is 1. The molecule has 2 unspecified atom stereocenters. The normalized spacial score (nSPS) is 22.2. The first kappa shape index (κ1) is 19.0. The number of allylic oxidation sites excluding steroid dienone is 1. The highest BCUT2D eigenvalue weighted by Crippen LogP contribution is 2.43. The van der Waals surface area contributed by atoms with Gasteiger partial charge in [0.15, 0.2) is 6.20 Å². The Kier molecular flexibility index (Phi) is 4.77. The van der Waals surface area contributed by atoms with Crippen LogP contribution < -0.4 is 4.73 Å². The van der Waals surface area contributed by atoms with Crippen molar-refractivity contribution in [3.05, 3.63) is 40.4 Å². The number of pyridine rings is 1. The minimum atomic E-state index is -3.95. The van der Waals surface area contributed by atoms with E-state index in [-0.39, 0.29) is 29.1 Å². The molecule has 1 fully saturated rings. The summed E-state index contributed by atoms with van der Waals surface area (Å²) < 4.78 is 34.9. The number of fused-ring (bicyclic) bond motifs is 1. The molecule has 2 aliphatic rings. The molecule has 0 N–H and O–H groups in total. The molecule has 9 nitrogen and oxygen atoms in total. The van der Waals surface area contributed by atoms with Crippen LogP contribution in [0.1, 0.15) is 25.3 Å². The van der Waals surface area contributed by atoms with Gasteiger partial charge in [-0.05, 0) is 19.9 Å². The highest BCUT2D eigenvalue weighted by molar-refractivity contribution is 7.90. The summed E-state index contributed by atoms with van der Waals surface area (Å²) in [7, 11) is -3.95. The summed E-state index contributed by atoms with van der Waals surface area (Å²) in [6.45, 7) is 3.23. The highest BCUT2D eigenvalue weighted by Gasteiger charge is 2.49. The molecule has 0 amide bonds. The van der Waals surface area contributed by atoms with Gasteiger partial charge in [0, 0.05) is 29.5 Å². The van der Waals surface area contributed by atoms with Crippen LogP contribution in [0.5, 0.6) is 0 Å². The zero-order valence-corrected chi connectivity index (χ0v) is 15.8. The Balaban J connectivity index is 2.31. The van der Waals surface area contributed by atoms with Gasteiger partial charge in [-0.15, -0.1) is 0 Å². The first-order chi connectivity index (χ1) is 12.7.